The van der Waals surface area contributed by atoms with E-state index >= 15 is 0 Å². The highest BCUT2D eigenvalue weighted by Crippen LogP contribution is 2.32. The van der Waals surface area contributed by atoms with Crippen LogP contribution in [0.5, 0.6) is 0 Å². The second-order valence-electron chi connectivity index (χ2n) is 9.87. The maximum absolute atomic E-state index is 12.6. The normalized spacial score (nSPS) is 12.7. The van der Waals surface area contributed by atoms with Gasteiger partial charge in [0.1, 0.15) is 5.82 Å². The Morgan fingerprint density at radius 2 is 1.77 bits per heavy atom. The van der Waals surface area contributed by atoms with Gasteiger partial charge in [-0.05, 0) is 23.0 Å². The zero-order valence-electron chi connectivity index (χ0n) is 18.4. The zero-order chi connectivity index (χ0) is 21.8. The Labute approximate surface area is 175 Å². The number of fused-ring (bicyclic) bond motifs is 2. The number of H-pyrrole nitrogens is 1. The highest BCUT2D eigenvalue weighted by molar-refractivity contribution is 5.85. The summed E-state index contributed by atoms with van der Waals surface area (Å²) in [6, 6.07) is 5.52. The number of nitrogens with one attached hydrogen (secondary N) is 1. The van der Waals surface area contributed by atoms with Crippen LogP contribution in [-0.4, -0.2) is 24.6 Å². The van der Waals surface area contributed by atoms with E-state index in [9.17, 15) is 4.79 Å². The Balaban J connectivity index is 1.83. The molecule has 4 aromatic rings. The summed E-state index contributed by atoms with van der Waals surface area (Å²) in [6.45, 7) is 12.6. The van der Waals surface area contributed by atoms with E-state index < -0.39 is 0 Å². The highest BCUT2D eigenvalue weighted by atomic mass is 16.1. The second-order valence-corrected chi connectivity index (χ2v) is 9.87. The fourth-order valence-corrected chi connectivity index (χ4v) is 3.83. The maximum Gasteiger partial charge on any atom is 0.272 e. The number of hydrogen-bond donors (Lipinski definition) is 2. The molecule has 0 saturated heterocycles. The molecule has 3 N–H and O–H groups in total. The van der Waals surface area contributed by atoms with Crippen molar-refractivity contribution >= 4 is 22.4 Å². The lowest BCUT2D eigenvalue weighted by atomic mass is 9.86. The van der Waals surface area contributed by atoms with Crippen LogP contribution >= 0.6 is 0 Å². The third kappa shape index (κ3) is 3.44. The molecule has 0 saturated carbocycles. The molecule has 7 heteroatoms. The van der Waals surface area contributed by atoms with Crippen LogP contribution in [0.4, 0.5) is 5.82 Å². The zero-order valence-corrected chi connectivity index (χ0v) is 18.4. The van der Waals surface area contributed by atoms with Gasteiger partial charge in [0.15, 0.2) is 5.65 Å². The van der Waals surface area contributed by atoms with Crippen LogP contribution in [0.15, 0.2) is 35.4 Å². The maximum atomic E-state index is 12.6. The lowest BCUT2D eigenvalue weighted by Gasteiger charge is -2.22. The van der Waals surface area contributed by atoms with Gasteiger partial charge in [-0.25, -0.2) is 14.5 Å². The number of anilines is 1. The summed E-state index contributed by atoms with van der Waals surface area (Å²) >= 11 is 0. The predicted molar refractivity (Wildman–Crippen MR) is 120 cm³/mol. The minimum Gasteiger partial charge on any atom is -0.383 e. The van der Waals surface area contributed by atoms with Gasteiger partial charge in [-0.1, -0.05) is 41.5 Å². The highest BCUT2D eigenvalue weighted by Gasteiger charge is 2.23. The average molecular weight is 405 g/mol. The largest absolute Gasteiger partial charge is 0.383 e. The number of nitrogens with zero attached hydrogens (tertiary/aromatic N) is 4. The Hall–Kier alpha value is -3.22. The van der Waals surface area contributed by atoms with E-state index in [0.29, 0.717) is 23.6 Å². The SMILES string of the molecule is CC(C)(C)c1c(N)ncc2ccc(Cc3cc(=O)n4[nH]cc(C(C)(C)C)c4n3)nc12. The Morgan fingerprint density at radius 1 is 1.03 bits per heavy atom. The fourth-order valence-electron chi connectivity index (χ4n) is 3.83. The van der Waals surface area contributed by atoms with Crippen molar-refractivity contribution in [1.29, 1.82) is 0 Å². The van der Waals surface area contributed by atoms with E-state index in [1.165, 1.54) is 4.52 Å². The summed E-state index contributed by atoms with van der Waals surface area (Å²) in [5.41, 5.74) is 10.7. The molecule has 0 aliphatic carbocycles. The van der Waals surface area contributed by atoms with Crippen molar-refractivity contribution in [3.8, 4) is 0 Å². The summed E-state index contributed by atoms with van der Waals surface area (Å²) in [4.78, 5) is 26.6. The molecule has 4 aromatic heterocycles. The Morgan fingerprint density at radius 3 is 2.43 bits per heavy atom. The molecule has 0 spiro atoms. The molecule has 0 fully saturated rings. The van der Waals surface area contributed by atoms with Crippen molar-refractivity contribution in [1.82, 2.24) is 24.6 Å². The van der Waals surface area contributed by atoms with Crippen LogP contribution in [0.3, 0.4) is 0 Å². The molecule has 0 atom stereocenters. The summed E-state index contributed by atoms with van der Waals surface area (Å²) in [5.74, 6) is 0.500. The number of nitrogens with two attached hydrogens (primary N) is 1. The number of aromatic nitrogens is 5. The molecule has 4 rings (SSSR count). The lowest BCUT2D eigenvalue weighted by Crippen LogP contribution is -2.18. The van der Waals surface area contributed by atoms with Gasteiger partial charge in [0.2, 0.25) is 0 Å². The lowest BCUT2D eigenvalue weighted by molar-refractivity contribution is 0.594. The van der Waals surface area contributed by atoms with Crippen molar-refractivity contribution < 1.29 is 0 Å². The van der Waals surface area contributed by atoms with Gasteiger partial charge < -0.3 is 5.73 Å². The van der Waals surface area contributed by atoms with E-state index in [1.54, 1.807) is 12.3 Å². The minimum absolute atomic E-state index is 0.128. The van der Waals surface area contributed by atoms with Crippen LogP contribution in [0, 0.1) is 0 Å². The first-order chi connectivity index (χ1) is 13.9. The molecular formula is C23H28N6O. The minimum atomic E-state index is -0.190. The van der Waals surface area contributed by atoms with Gasteiger partial charge in [0.05, 0.1) is 11.2 Å². The summed E-state index contributed by atoms with van der Waals surface area (Å²) in [6.07, 6.45) is 4.07. The second kappa shape index (κ2) is 6.65. The van der Waals surface area contributed by atoms with Gasteiger partial charge in [0, 0.05) is 47.1 Å². The van der Waals surface area contributed by atoms with Crippen LogP contribution in [0.25, 0.3) is 16.6 Å². The molecule has 7 nitrogen and oxygen atoms in total. The standard InChI is InChI=1S/C23H28N6O/c1-22(2,3)16-12-26-29-17(30)10-15(28-21(16)29)9-14-8-7-13-11-25-20(24)18(19(13)27-14)23(4,5)6/h7-8,10-12,26H,9H2,1-6H3,(H2,24,25). The first-order valence-corrected chi connectivity index (χ1v) is 10.1. The first kappa shape index (κ1) is 20.1. The molecule has 0 amide bonds. The van der Waals surface area contributed by atoms with Gasteiger partial charge in [-0.3, -0.25) is 14.9 Å². The van der Waals surface area contributed by atoms with Crippen molar-refractivity contribution in [2.75, 3.05) is 5.73 Å². The molecule has 156 valence electrons. The van der Waals surface area contributed by atoms with Crippen molar-refractivity contribution in [3.63, 3.8) is 0 Å². The van der Waals surface area contributed by atoms with E-state index in [-0.39, 0.29) is 16.4 Å². The van der Waals surface area contributed by atoms with Gasteiger partial charge in [0.25, 0.3) is 5.56 Å². The molecule has 0 unspecified atom stereocenters. The topological polar surface area (TPSA) is 102 Å². The smallest absolute Gasteiger partial charge is 0.272 e. The van der Waals surface area contributed by atoms with Gasteiger partial charge in [-0.2, -0.15) is 0 Å². The Bertz CT molecular complexity index is 1320. The molecule has 30 heavy (non-hydrogen) atoms. The van der Waals surface area contributed by atoms with Crippen LogP contribution in [0.1, 0.15) is 64.1 Å². The molecule has 0 radical (unpaired) electrons. The third-order valence-electron chi connectivity index (χ3n) is 5.29. The van der Waals surface area contributed by atoms with E-state index in [2.05, 4.69) is 51.6 Å². The van der Waals surface area contributed by atoms with Gasteiger partial charge in [-0.15, -0.1) is 0 Å². The molecule has 0 bridgehead atoms. The number of hydrogen-bond acceptors (Lipinski definition) is 5. The molecule has 0 aliphatic heterocycles. The summed E-state index contributed by atoms with van der Waals surface area (Å²) < 4.78 is 1.49. The van der Waals surface area contributed by atoms with Gasteiger partial charge >= 0.3 is 0 Å². The average Bonchev–Trinajstić information content (AvgIpc) is 3.05. The van der Waals surface area contributed by atoms with Crippen molar-refractivity contribution in [3.05, 3.63) is 63.5 Å². The van der Waals surface area contributed by atoms with Crippen LogP contribution < -0.4 is 11.3 Å². The van der Waals surface area contributed by atoms with Crippen LogP contribution in [0.2, 0.25) is 0 Å². The summed E-state index contributed by atoms with van der Waals surface area (Å²) in [5, 5.41) is 3.96. The molecule has 0 aromatic carbocycles. The molecular weight excluding hydrogens is 376 g/mol. The third-order valence-corrected chi connectivity index (χ3v) is 5.29. The summed E-state index contributed by atoms with van der Waals surface area (Å²) in [7, 11) is 0. The fraction of sp³-hybridized carbons (Fsp3) is 0.391. The molecule has 0 aliphatic rings. The van der Waals surface area contributed by atoms with E-state index in [0.717, 1.165) is 27.7 Å². The number of rotatable bonds is 2. The quantitative estimate of drug-likeness (QED) is 0.530. The predicted octanol–water partition coefficient (Wildman–Crippen LogP) is 3.73. The number of aromatic amines is 1. The van der Waals surface area contributed by atoms with Crippen molar-refractivity contribution in [2.45, 2.75) is 58.8 Å². The monoisotopic (exact) mass is 404 g/mol. The number of pyridine rings is 2. The van der Waals surface area contributed by atoms with Crippen molar-refractivity contribution in [2.24, 2.45) is 0 Å². The van der Waals surface area contributed by atoms with E-state index in [4.69, 9.17) is 15.7 Å². The molecule has 4 heterocycles. The first-order valence-electron chi connectivity index (χ1n) is 10.1. The van der Waals surface area contributed by atoms with E-state index in [1.807, 2.05) is 18.3 Å². The Kier molecular flexibility index (Phi) is 4.45. The van der Waals surface area contributed by atoms with Crippen LogP contribution in [-0.2, 0) is 17.3 Å². The number of nitrogen functional groups attached to an aromatic ring is 1.